The Bertz CT molecular complexity index is 1260. The molecule has 0 aliphatic carbocycles. The van der Waals surface area contributed by atoms with Crippen molar-refractivity contribution >= 4 is 35.6 Å². The number of carbonyl (C=O) groups is 5. The van der Waals surface area contributed by atoms with E-state index in [0.717, 1.165) is 4.90 Å². The molecule has 0 spiro atoms. The number of hydrogen-bond donors (Lipinski definition) is 5. The van der Waals surface area contributed by atoms with Crippen LogP contribution in [0, 0.1) is 5.92 Å². The van der Waals surface area contributed by atoms with E-state index in [1.165, 1.54) is 6.20 Å². The number of anilines is 1. The van der Waals surface area contributed by atoms with Crippen molar-refractivity contribution in [2.24, 2.45) is 5.92 Å². The lowest BCUT2D eigenvalue weighted by Crippen LogP contribution is -2.59. The molecule has 0 saturated heterocycles. The van der Waals surface area contributed by atoms with Crippen LogP contribution < -0.4 is 20.9 Å². The van der Waals surface area contributed by atoms with Crippen LogP contribution in [0.5, 0.6) is 0 Å². The minimum atomic E-state index is -1.58. The summed E-state index contributed by atoms with van der Waals surface area (Å²) in [5.41, 5.74) is -0.234. The number of hydrogen-bond acceptors (Lipinski definition) is 10. The zero-order valence-corrected chi connectivity index (χ0v) is 23.5. The fraction of sp³-hybridized carbons (Fsp3) is 0.560. The number of H-pyrrole nitrogens is 1. The van der Waals surface area contributed by atoms with Crippen LogP contribution >= 0.6 is 0 Å². The average Bonchev–Trinajstić information content (AvgIpc) is 3.56. The van der Waals surface area contributed by atoms with Crippen molar-refractivity contribution in [2.75, 3.05) is 4.90 Å². The average molecular weight is 574 g/mol. The van der Waals surface area contributed by atoms with Crippen molar-refractivity contribution in [3.05, 3.63) is 29.7 Å². The number of carbonyl (C=O) groups excluding carboxylic acids is 4. The van der Waals surface area contributed by atoms with E-state index in [4.69, 9.17) is 4.74 Å². The van der Waals surface area contributed by atoms with Gasteiger partial charge in [0.25, 0.3) is 5.91 Å². The van der Waals surface area contributed by atoms with Gasteiger partial charge in [-0.05, 0) is 38.3 Å². The largest absolute Gasteiger partial charge is 0.481 e. The fourth-order valence-electron chi connectivity index (χ4n) is 4.20. The van der Waals surface area contributed by atoms with Gasteiger partial charge in [0.2, 0.25) is 11.8 Å². The van der Waals surface area contributed by atoms with Crippen LogP contribution in [0.2, 0.25) is 0 Å². The molecule has 3 rings (SSSR count). The molecular formula is C25H35N9O7. The lowest BCUT2D eigenvalue weighted by atomic mass is 9.98. The third-order valence-corrected chi connectivity index (χ3v) is 6.33. The molecule has 1 aliphatic rings. The van der Waals surface area contributed by atoms with Crippen LogP contribution in [0.4, 0.5) is 10.6 Å². The number of aromatic amines is 1. The van der Waals surface area contributed by atoms with Crippen molar-refractivity contribution in [2.45, 2.75) is 84.2 Å². The van der Waals surface area contributed by atoms with E-state index >= 15 is 0 Å². The lowest BCUT2D eigenvalue weighted by molar-refractivity contribution is -0.140. The van der Waals surface area contributed by atoms with Crippen molar-refractivity contribution in [3.8, 4) is 0 Å². The van der Waals surface area contributed by atoms with E-state index in [0.29, 0.717) is 12.0 Å². The van der Waals surface area contributed by atoms with Gasteiger partial charge < -0.3 is 25.8 Å². The predicted molar refractivity (Wildman–Crippen MR) is 142 cm³/mol. The number of pyridine rings is 1. The first kappa shape index (κ1) is 30.9. The number of aliphatic carboxylic acids is 1. The molecule has 1 aliphatic heterocycles. The highest BCUT2D eigenvalue weighted by Gasteiger charge is 2.43. The number of amides is 4. The van der Waals surface area contributed by atoms with E-state index in [9.17, 15) is 29.1 Å². The second-order valence-corrected chi connectivity index (χ2v) is 10.6. The molecule has 0 bridgehead atoms. The van der Waals surface area contributed by atoms with E-state index in [2.05, 4.69) is 41.6 Å². The first-order chi connectivity index (χ1) is 19.3. The number of ether oxygens (including phenoxy) is 1. The van der Waals surface area contributed by atoms with Gasteiger partial charge in [-0.1, -0.05) is 31.5 Å². The minimum Gasteiger partial charge on any atom is -0.481 e. The molecule has 3 heterocycles. The van der Waals surface area contributed by atoms with Crippen LogP contribution in [0.1, 0.15) is 58.8 Å². The van der Waals surface area contributed by atoms with E-state index in [1.54, 1.807) is 39.8 Å². The molecule has 16 nitrogen and oxygen atoms in total. The number of carboxylic acids is 1. The van der Waals surface area contributed by atoms with Crippen LogP contribution in [0.25, 0.3) is 0 Å². The summed E-state index contributed by atoms with van der Waals surface area (Å²) in [4.78, 5) is 70.0. The maximum atomic E-state index is 13.9. The van der Waals surface area contributed by atoms with Gasteiger partial charge in [0.1, 0.15) is 29.5 Å². The number of fused-ring (bicyclic) bond motifs is 1. The highest BCUT2D eigenvalue weighted by molar-refractivity contribution is 6.07. The third kappa shape index (κ3) is 8.18. The highest BCUT2D eigenvalue weighted by atomic mass is 16.6. The summed E-state index contributed by atoms with van der Waals surface area (Å²) in [5, 5.41) is 30.5. The Hall–Kier alpha value is -4.63. The zero-order chi connectivity index (χ0) is 30.3. The standard InChI is InChI=1S/C25H35N9O7/c1-6-13(2)19(29-24(40)41-25(3,4)5)22(38)28-15(11-18(35)36)23(39)34-16(10-14-8-7-9-26-20(14)34)21(37)27-12-17-30-32-33-31-17/h7-9,13,15-16,19H,6,10-12H2,1-5H3,(H,27,37)(H,28,38)(H,29,40)(H,35,36)(H,30,31,32,33)/t13-,15?,16-,19-/m0/s1. The fourth-order valence-corrected chi connectivity index (χ4v) is 4.20. The van der Waals surface area contributed by atoms with E-state index < -0.39 is 59.9 Å². The number of tetrazole rings is 1. The lowest BCUT2D eigenvalue weighted by Gasteiger charge is -2.30. The monoisotopic (exact) mass is 573 g/mol. The number of rotatable bonds is 11. The summed E-state index contributed by atoms with van der Waals surface area (Å²) in [6.45, 7) is 8.47. The Morgan fingerprint density at radius 2 is 1.95 bits per heavy atom. The van der Waals surface area contributed by atoms with Crippen LogP contribution in [0.15, 0.2) is 18.3 Å². The first-order valence-electron chi connectivity index (χ1n) is 13.1. The minimum absolute atomic E-state index is 0.0696. The molecule has 2 aromatic rings. The molecule has 0 radical (unpaired) electrons. The summed E-state index contributed by atoms with van der Waals surface area (Å²) >= 11 is 0. The van der Waals surface area contributed by atoms with Gasteiger partial charge in [-0.3, -0.25) is 24.1 Å². The van der Waals surface area contributed by atoms with Gasteiger partial charge in [0.05, 0.1) is 13.0 Å². The van der Waals surface area contributed by atoms with E-state index in [1.807, 2.05) is 6.92 Å². The normalized spacial score (nSPS) is 16.6. The smallest absolute Gasteiger partial charge is 0.408 e. The number of alkyl carbamates (subject to hydrolysis) is 1. The van der Waals surface area contributed by atoms with Gasteiger partial charge in [0, 0.05) is 12.6 Å². The van der Waals surface area contributed by atoms with Crippen molar-refractivity contribution in [1.82, 2.24) is 41.6 Å². The number of nitrogens with zero attached hydrogens (tertiary/aromatic N) is 5. The Morgan fingerprint density at radius 1 is 1.22 bits per heavy atom. The maximum absolute atomic E-state index is 13.9. The Morgan fingerprint density at radius 3 is 2.56 bits per heavy atom. The molecule has 0 saturated carbocycles. The highest BCUT2D eigenvalue weighted by Crippen LogP contribution is 2.31. The third-order valence-electron chi connectivity index (χ3n) is 6.33. The zero-order valence-electron chi connectivity index (χ0n) is 23.5. The summed E-state index contributed by atoms with van der Waals surface area (Å²) in [7, 11) is 0. The molecule has 0 aromatic carbocycles. The number of carboxylic acid groups (broad SMARTS) is 1. The molecule has 41 heavy (non-hydrogen) atoms. The summed E-state index contributed by atoms with van der Waals surface area (Å²) in [5.74, 6) is -3.54. The Balaban J connectivity index is 1.86. The first-order valence-corrected chi connectivity index (χ1v) is 13.1. The summed E-state index contributed by atoms with van der Waals surface area (Å²) < 4.78 is 5.27. The van der Waals surface area contributed by atoms with Gasteiger partial charge >= 0.3 is 12.1 Å². The molecule has 4 atom stereocenters. The quantitative estimate of drug-likeness (QED) is 0.242. The van der Waals surface area contributed by atoms with Gasteiger partial charge in [-0.15, -0.1) is 10.2 Å². The molecule has 1 unspecified atom stereocenters. The van der Waals surface area contributed by atoms with Gasteiger partial charge in [-0.2, -0.15) is 5.21 Å². The SMILES string of the molecule is CC[C@H](C)[C@H](NC(=O)OC(C)(C)C)C(=O)NC(CC(=O)O)C(=O)N1c2ncccc2C[C@H]1C(=O)NCc1nn[nH]n1. The van der Waals surface area contributed by atoms with E-state index in [-0.39, 0.29) is 30.5 Å². The molecule has 2 aromatic heterocycles. The van der Waals surface area contributed by atoms with Crippen molar-refractivity contribution in [3.63, 3.8) is 0 Å². The Labute approximate surface area is 236 Å². The van der Waals surface area contributed by atoms with Crippen LogP contribution in [-0.2, 0) is 36.9 Å². The molecule has 4 amide bonds. The molecular weight excluding hydrogens is 538 g/mol. The van der Waals surface area contributed by atoms with Crippen LogP contribution in [0.3, 0.4) is 0 Å². The predicted octanol–water partition coefficient (Wildman–Crippen LogP) is 0.0677. The summed E-state index contributed by atoms with van der Waals surface area (Å²) in [6.07, 6.45) is 0.413. The maximum Gasteiger partial charge on any atom is 0.408 e. The molecule has 5 N–H and O–H groups in total. The second-order valence-electron chi connectivity index (χ2n) is 10.6. The van der Waals surface area contributed by atoms with Gasteiger partial charge in [0.15, 0.2) is 5.82 Å². The summed E-state index contributed by atoms with van der Waals surface area (Å²) in [6, 6.07) is -0.442. The molecule has 0 fully saturated rings. The molecule has 16 heteroatoms. The Kier molecular flexibility index (Phi) is 9.91. The van der Waals surface area contributed by atoms with Crippen molar-refractivity contribution in [1.29, 1.82) is 0 Å². The molecule has 222 valence electrons. The topological polar surface area (TPSA) is 221 Å². The van der Waals surface area contributed by atoms with Gasteiger partial charge in [-0.25, -0.2) is 9.78 Å². The second kappa shape index (κ2) is 13.1. The number of nitrogens with one attached hydrogen (secondary N) is 4. The number of aromatic nitrogens is 5. The van der Waals surface area contributed by atoms with Crippen molar-refractivity contribution < 1.29 is 33.8 Å². The van der Waals surface area contributed by atoms with Crippen LogP contribution in [-0.4, -0.2) is 84.2 Å².